The van der Waals surface area contributed by atoms with Gasteiger partial charge in [0.2, 0.25) is 0 Å². The molecule has 1 heterocycles. The van der Waals surface area contributed by atoms with Crippen LogP contribution in [0.25, 0.3) is 0 Å². The van der Waals surface area contributed by atoms with Gasteiger partial charge in [-0.2, -0.15) is 0 Å². The molecular weight excluding hydrogens is 291 g/mol. The van der Waals surface area contributed by atoms with Gasteiger partial charge >= 0.3 is 12.3 Å². The molecule has 116 valence electrons. The number of carbonyl (C=O) groups is 1. The Balaban J connectivity index is 1.99. The quantitative estimate of drug-likeness (QED) is 0.920. The number of carboxylic acid groups (broad SMARTS) is 1. The van der Waals surface area contributed by atoms with Crippen LogP contribution in [0.2, 0.25) is 0 Å². The highest BCUT2D eigenvalue weighted by Crippen LogP contribution is 2.24. The topological polar surface area (TPSA) is 59.0 Å². The van der Waals surface area contributed by atoms with Crippen molar-refractivity contribution in [3.8, 4) is 5.75 Å². The fourth-order valence-electron chi connectivity index (χ4n) is 2.09. The largest absolute Gasteiger partial charge is 0.573 e. The number of morpholine rings is 1. The number of hydrogen-bond acceptors (Lipinski definition) is 4. The molecule has 0 saturated carbocycles. The number of ether oxygens (including phenoxy) is 2. The van der Waals surface area contributed by atoms with Crippen LogP contribution >= 0.6 is 0 Å². The van der Waals surface area contributed by atoms with Crippen LogP contribution < -0.4 is 4.74 Å². The van der Waals surface area contributed by atoms with Crippen molar-refractivity contribution >= 4 is 5.97 Å². The van der Waals surface area contributed by atoms with Crippen LogP contribution in [0.3, 0.4) is 0 Å². The average Bonchev–Trinajstić information content (AvgIpc) is 2.37. The van der Waals surface area contributed by atoms with Crippen molar-refractivity contribution in [2.45, 2.75) is 19.0 Å². The molecule has 1 unspecified atom stereocenters. The number of carboxylic acids is 1. The van der Waals surface area contributed by atoms with E-state index in [9.17, 15) is 18.0 Å². The van der Waals surface area contributed by atoms with E-state index < -0.39 is 18.4 Å². The number of aliphatic carboxylic acids is 1. The third kappa shape index (κ3) is 4.91. The molecule has 0 amide bonds. The molecule has 1 saturated heterocycles. The van der Waals surface area contributed by atoms with E-state index in [0.717, 1.165) is 0 Å². The normalized spacial score (nSPS) is 20.2. The molecule has 1 fully saturated rings. The summed E-state index contributed by atoms with van der Waals surface area (Å²) in [6, 6.07) is 5.63. The predicted octanol–water partition coefficient (Wildman–Crippen LogP) is 1.87. The molecule has 0 aromatic heterocycles. The monoisotopic (exact) mass is 305 g/mol. The van der Waals surface area contributed by atoms with Gasteiger partial charge < -0.3 is 14.6 Å². The van der Waals surface area contributed by atoms with Crippen LogP contribution in [-0.2, 0) is 16.1 Å². The van der Waals surface area contributed by atoms with Crippen LogP contribution in [0, 0.1) is 0 Å². The van der Waals surface area contributed by atoms with Gasteiger partial charge in [-0.25, -0.2) is 4.79 Å². The lowest BCUT2D eigenvalue weighted by Gasteiger charge is -2.30. The summed E-state index contributed by atoms with van der Waals surface area (Å²) in [5, 5.41) is 8.90. The highest BCUT2D eigenvalue weighted by Gasteiger charge is 2.31. The highest BCUT2D eigenvalue weighted by atomic mass is 19.4. The Morgan fingerprint density at radius 2 is 2.24 bits per heavy atom. The summed E-state index contributed by atoms with van der Waals surface area (Å²) in [6.45, 7) is 1.33. The van der Waals surface area contributed by atoms with Gasteiger partial charge in [0.05, 0.1) is 6.61 Å². The fraction of sp³-hybridized carbons (Fsp3) is 0.462. The summed E-state index contributed by atoms with van der Waals surface area (Å²) in [5.74, 6) is -1.34. The number of alkyl halides is 3. The van der Waals surface area contributed by atoms with Gasteiger partial charge in [0.1, 0.15) is 5.75 Å². The number of nitrogens with zero attached hydrogens (tertiary/aromatic N) is 1. The first kappa shape index (κ1) is 15.6. The molecule has 0 bridgehead atoms. The van der Waals surface area contributed by atoms with E-state index in [0.29, 0.717) is 18.7 Å². The summed E-state index contributed by atoms with van der Waals surface area (Å²) in [4.78, 5) is 12.7. The van der Waals surface area contributed by atoms with Gasteiger partial charge in [0.25, 0.3) is 0 Å². The first-order valence-corrected chi connectivity index (χ1v) is 6.25. The van der Waals surface area contributed by atoms with Gasteiger partial charge in [0.15, 0.2) is 6.10 Å². The molecule has 5 nitrogen and oxygen atoms in total. The predicted molar refractivity (Wildman–Crippen MR) is 65.8 cm³/mol. The van der Waals surface area contributed by atoms with E-state index in [1.165, 1.54) is 18.2 Å². The highest BCUT2D eigenvalue weighted by molar-refractivity contribution is 5.72. The molecule has 21 heavy (non-hydrogen) atoms. The number of benzene rings is 1. The standard InChI is InChI=1S/C13H14F3NO4/c14-13(15,16)21-10-3-1-2-9(6-10)7-17-4-5-20-11(8-17)12(18)19/h1-3,6,11H,4-5,7-8H2,(H,18,19). The lowest BCUT2D eigenvalue weighted by molar-refractivity contribution is -0.274. The van der Waals surface area contributed by atoms with Crippen molar-refractivity contribution in [1.29, 1.82) is 0 Å². The zero-order valence-electron chi connectivity index (χ0n) is 11.0. The van der Waals surface area contributed by atoms with Gasteiger partial charge in [-0.1, -0.05) is 12.1 Å². The van der Waals surface area contributed by atoms with E-state index in [2.05, 4.69) is 4.74 Å². The zero-order valence-corrected chi connectivity index (χ0v) is 11.0. The summed E-state index contributed by atoms with van der Waals surface area (Å²) in [5.41, 5.74) is 0.614. The van der Waals surface area contributed by atoms with Crippen molar-refractivity contribution in [3.63, 3.8) is 0 Å². The van der Waals surface area contributed by atoms with Crippen LogP contribution in [0.5, 0.6) is 5.75 Å². The molecule has 1 aromatic carbocycles. The van der Waals surface area contributed by atoms with Crippen molar-refractivity contribution in [3.05, 3.63) is 29.8 Å². The van der Waals surface area contributed by atoms with E-state index in [1.807, 2.05) is 4.90 Å². The maximum absolute atomic E-state index is 12.2. The Kier molecular flexibility index (Phi) is 4.69. The van der Waals surface area contributed by atoms with Crippen molar-refractivity contribution in [2.24, 2.45) is 0 Å². The minimum absolute atomic E-state index is 0.194. The second kappa shape index (κ2) is 6.31. The Hall–Kier alpha value is -1.80. The van der Waals surface area contributed by atoms with Crippen molar-refractivity contribution < 1.29 is 32.5 Å². The lowest BCUT2D eigenvalue weighted by atomic mass is 10.2. The molecule has 0 radical (unpaired) electrons. The van der Waals surface area contributed by atoms with Gasteiger partial charge in [-0.15, -0.1) is 13.2 Å². The molecule has 0 spiro atoms. The first-order valence-electron chi connectivity index (χ1n) is 6.25. The number of halogens is 3. The van der Waals surface area contributed by atoms with E-state index >= 15 is 0 Å². The van der Waals surface area contributed by atoms with Gasteiger partial charge in [0, 0.05) is 19.6 Å². The fourth-order valence-corrected chi connectivity index (χ4v) is 2.09. The minimum Gasteiger partial charge on any atom is -0.479 e. The smallest absolute Gasteiger partial charge is 0.479 e. The van der Waals surface area contributed by atoms with Crippen molar-refractivity contribution in [1.82, 2.24) is 4.90 Å². The van der Waals surface area contributed by atoms with Crippen molar-refractivity contribution in [2.75, 3.05) is 19.7 Å². The Bertz CT molecular complexity index is 506. The molecular formula is C13H14F3NO4. The molecule has 8 heteroatoms. The summed E-state index contributed by atoms with van der Waals surface area (Å²) in [7, 11) is 0. The summed E-state index contributed by atoms with van der Waals surface area (Å²) >= 11 is 0. The van der Waals surface area contributed by atoms with E-state index in [4.69, 9.17) is 9.84 Å². The SMILES string of the molecule is O=C(O)C1CN(Cc2cccc(OC(F)(F)F)c2)CCO1. The molecule has 0 aliphatic carbocycles. The maximum atomic E-state index is 12.2. The Morgan fingerprint density at radius 3 is 2.90 bits per heavy atom. The minimum atomic E-state index is -4.73. The third-order valence-electron chi connectivity index (χ3n) is 2.96. The summed E-state index contributed by atoms with van der Waals surface area (Å²) < 4.78 is 45.4. The van der Waals surface area contributed by atoms with Crippen LogP contribution in [0.1, 0.15) is 5.56 Å². The average molecular weight is 305 g/mol. The lowest BCUT2D eigenvalue weighted by Crippen LogP contribution is -2.45. The molecule has 1 aliphatic heterocycles. The van der Waals surface area contributed by atoms with Crippen LogP contribution in [-0.4, -0.2) is 48.1 Å². The van der Waals surface area contributed by atoms with Crippen LogP contribution in [0.15, 0.2) is 24.3 Å². The van der Waals surface area contributed by atoms with E-state index in [-0.39, 0.29) is 18.9 Å². The molecule has 2 rings (SSSR count). The second-order valence-corrected chi connectivity index (χ2v) is 4.63. The Labute approximate surface area is 118 Å². The molecule has 1 atom stereocenters. The zero-order chi connectivity index (χ0) is 15.5. The molecule has 1 aliphatic rings. The maximum Gasteiger partial charge on any atom is 0.573 e. The number of rotatable bonds is 4. The third-order valence-corrected chi connectivity index (χ3v) is 2.96. The Morgan fingerprint density at radius 1 is 1.48 bits per heavy atom. The summed E-state index contributed by atoms with van der Waals surface area (Å²) in [6.07, 6.45) is -5.64. The van der Waals surface area contributed by atoms with Crippen LogP contribution in [0.4, 0.5) is 13.2 Å². The number of hydrogen-bond donors (Lipinski definition) is 1. The second-order valence-electron chi connectivity index (χ2n) is 4.63. The first-order chi connectivity index (χ1) is 9.83. The molecule has 1 N–H and O–H groups in total. The van der Waals surface area contributed by atoms with Gasteiger partial charge in [-0.05, 0) is 17.7 Å². The van der Waals surface area contributed by atoms with E-state index in [1.54, 1.807) is 6.07 Å². The molecule has 1 aromatic rings. The van der Waals surface area contributed by atoms with Gasteiger partial charge in [-0.3, -0.25) is 4.90 Å².